The maximum absolute atomic E-state index is 12.4. The van der Waals surface area contributed by atoms with Gasteiger partial charge in [-0.05, 0) is 48.4 Å². The van der Waals surface area contributed by atoms with Crippen molar-refractivity contribution < 1.29 is 18.3 Å². The van der Waals surface area contributed by atoms with Crippen LogP contribution in [0.25, 0.3) is 11.4 Å². The lowest BCUT2D eigenvalue weighted by molar-refractivity contribution is -0.119. The van der Waals surface area contributed by atoms with Gasteiger partial charge in [-0.1, -0.05) is 42.4 Å². The van der Waals surface area contributed by atoms with E-state index in [-0.39, 0.29) is 23.5 Å². The number of carbonyl (C=O) groups is 1. The zero-order valence-electron chi connectivity index (χ0n) is 16.5. The maximum Gasteiger partial charge on any atom is 0.387 e. The number of halogens is 3. The van der Waals surface area contributed by atoms with Gasteiger partial charge >= 0.3 is 6.61 Å². The molecule has 0 saturated heterocycles. The van der Waals surface area contributed by atoms with Crippen LogP contribution < -0.4 is 15.9 Å². The summed E-state index contributed by atoms with van der Waals surface area (Å²) in [5.41, 5.74) is 1.54. The fourth-order valence-corrected chi connectivity index (χ4v) is 3.63. The molecule has 0 aliphatic rings. The van der Waals surface area contributed by atoms with Crippen LogP contribution in [-0.2, 0) is 4.79 Å². The third-order valence-corrected chi connectivity index (χ3v) is 5.55. The smallest absolute Gasteiger partial charge is 0.387 e. The molecule has 0 aliphatic carbocycles. The molecule has 11 heteroatoms. The summed E-state index contributed by atoms with van der Waals surface area (Å²) >= 11 is 7.06. The molecule has 164 valence electrons. The van der Waals surface area contributed by atoms with Gasteiger partial charge in [-0.25, -0.2) is 4.68 Å². The minimum Gasteiger partial charge on any atom is -0.435 e. The first-order valence-electron chi connectivity index (χ1n) is 9.30. The van der Waals surface area contributed by atoms with Crippen molar-refractivity contribution in [2.24, 2.45) is 0 Å². The van der Waals surface area contributed by atoms with E-state index in [9.17, 15) is 13.6 Å². The lowest BCUT2D eigenvalue weighted by Crippen LogP contribution is -2.29. The molecule has 0 spiro atoms. The highest BCUT2D eigenvalue weighted by Crippen LogP contribution is 2.25. The Kier molecular flexibility index (Phi) is 7.69. The number of benzene rings is 2. The summed E-state index contributed by atoms with van der Waals surface area (Å²) in [6, 6.07) is 13.1. The molecule has 7 nitrogen and oxygen atoms in total. The predicted molar refractivity (Wildman–Crippen MR) is 116 cm³/mol. The van der Waals surface area contributed by atoms with Crippen LogP contribution in [0.2, 0.25) is 5.02 Å². The standard InChI is InChI=1S/C20H20ClF2N5O2S/c1-2-16(12-3-7-14(21)8-4-12)25-17(29)11-31-20-27-26-18(28(20)24)13-5-9-15(10-6-13)30-19(22)23/h3-10,16,19H,2,11,24H2,1H3,(H,25,29). The number of carbonyl (C=O) groups excluding carboxylic acids is 1. The van der Waals surface area contributed by atoms with Gasteiger partial charge in [0.05, 0.1) is 11.8 Å². The minimum absolute atomic E-state index is 0.0271. The number of alkyl halides is 2. The van der Waals surface area contributed by atoms with Crippen LogP contribution >= 0.6 is 23.4 Å². The average molecular weight is 468 g/mol. The molecule has 0 saturated carbocycles. The average Bonchev–Trinajstić information content (AvgIpc) is 3.11. The number of rotatable bonds is 9. The van der Waals surface area contributed by atoms with E-state index < -0.39 is 6.61 Å². The Morgan fingerprint density at radius 2 is 1.87 bits per heavy atom. The fourth-order valence-electron chi connectivity index (χ4n) is 2.84. The molecule has 31 heavy (non-hydrogen) atoms. The van der Waals surface area contributed by atoms with Crippen LogP contribution in [0.3, 0.4) is 0 Å². The zero-order chi connectivity index (χ0) is 22.4. The first kappa shape index (κ1) is 22.8. The molecule has 3 aromatic rings. The monoisotopic (exact) mass is 467 g/mol. The summed E-state index contributed by atoms with van der Waals surface area (Å²) in [7, 11) is 0. The Morgan fingerprint density at radius 3 is 2.48 bits per heavy atom. The number of nitrogen functional groups attached to an aromatic ring is 1. The van der Waals surface area contributed by atoms with Crippen LogP contribution in [0.1, 0.15) is 24.9 Å². The Hall–Kier alpha value is -2.85. The van der Waals surface area contributed by atoms with Gasteiger partial charge in [0.25, 0.3) is 0 Å². The molecular weight excluding hydrogens is 448 g/mol. The summed E-state index contributed by atoms with van der Waals surface area (Å²) in [6.45, 7) is -0.919. The number of hydrogen-bond acceptors (Lipinski definition) is 6. The van der Waals surface area contributed by atoms with E-state index in [1.165, 1.54) is 16.8 Å². The Bertz CT molecular complexity index is 1020. The van der Waals surface area contributed by atoms with Gasteiger partial charge in [0.1, 0.15) is 5.75 Å². The minimum atomic E-state index is -2.90. The van der Waals surface area contributed by atoms with Gasteiger partial charge < -0.3 is 15.9 Å². The molecule has 0 fully saturated rings. The van der Waals surface area contributed by atoms with Crippen molar-refractivity contribution in [2.45, 2.75) is 31.2 Å². The van der Waals surface area contributed by atoms with Crippen molar-refractivity contribution in [3.8, 4) is 17.1 Å². The summed E-state index contributed by atoms with van der Waals surface area (Å²) in [5, 5.41) is 12.0. The second kappa shape index (κ2) is 10.5. The first-order chi connectivity index (χ1) is 14.9. The lowest BCUT2D eigenvalue weighted by Gasteiger charge is -2.17. The zero-order valence-corrected chi connectivity index (χ0v) is 18.0. The predicted octanol–water partition coefficient (Wildman–Crippen LogP) is 4.27. The fraction of sp³-hybridized carbons (Fsp3) is 0.250. The van der Waals surface area contributed by atoms with Crippen molar-refractivity contribution in [3.63, 3.8) is 0 Å². The highest BCUT2D eigenvalue weighted by Gasteiger charge is 2.17. The molecule has 1 heterocycles. The number of nitrogens with zero attached hydrogens (tertiary/aromatic N) is 3. The van der Waals surface area contributed by atoms with Crippen LogP contribution in [0.15, 0.2) is 53.7 Å². The number of nitrogens with two attached hydrogens (primary N) is 1. The van der Waals surface area contributed by atoms with Gasteiger partial charge in [0.2, 0.25) is 11.1 Å². The summed E-state index contributed by atoms with van der Waals surface area (Å²) in [4.78, 5) is 12.4. The molecule has 1 aromatic heterocycles. The summed E-state index contributed by atoms with van der Waals surface area (Å²) in [6.07, 6.45) is 0.723. The summed E-state index contributed by atoms with van der Waals surface area (Å²) < 4.78 is 30.1. The summed E-state index contributed by atoms with van der Waals surface area (Å²) in [5.74, 6) is 6.33. The van der Waals surface area contributed by atoms with Crippen molar-refractivity contribution in [2.75, 3.05) is 11.6 Å². The highest BCUT2D eigenvalue weighted by atomic mass is 35.5. The van der Waals surface area contributed by atoms with E-state index in [4.69, 9.17) is 17.4 Å². The topological polar surface area (TPSA) is 95.1 Å². The van der Waals surface area contributed by atoms with Gasteiger partial charge in [0.15, 0.2) is 5.82 Å². The highest BCUT2D eigenvalue weighted by molar-refractivity contribution is 7.99. The first-order valence-corrected chi connectivity index (χ1v) is 10.7. The molecule has 0 bridgehead atoms. The molecule has 1 atom stereocenters. The number of hydrogen-bond donors (Lipinski definition) is 2. The number of ether oxygens (including phenoxy) is 1. The van der Waals surface area contributed by atoms with Crippen molar-refractivity contribution in [1.82, 2.24) is 20.2 Å². The van der Waals surface area contributed by atoms with Crippen LogP contribution in [0.5, 0.6) is 5.75 Å². The Morgan fingerprint density at radius 1 is 1.19 bits per heavy atom. The SMILES string of the molecule is CCC(NC(=O)CSc1nnc(-c2ccc(OC(F)F)cc2)n1N)c1ccc(Cl)cc1. The third-order valence-electron chi connectivity index (χ3n) is 4.35. The van der Waals surface area contributed by atoms with Crippen molar-refractivity contribution in [3.05, 3.63) is 59.1 Å². The molecule has 0 radical (unpaired) electrons. The third kappa shape index (κ3) is 6.08. The number of aromatic nitrogens is 3. The van der Waals surface area contributed by atoms with Gasteiger partial charge in [0, 0.05) is 10.6 Å². The normalized spacial score (nSPS) is 12.0. The van der Waals surface area contributed by atoms with Crippen LogP contribution in [-0.4, -0.2) is 33.1 Å². The van der Waals surface area contributed by atoms with E-state index in [0.29, 0.717) is 21.6 Å². The molecular formula is C20H20ClF2N5O2S. The van der Waals surface area contributed by atoms with E-state index in [1.54, 1.807) is 24.3 Å². The molecule has 1 unspecified atom stereocenters. The Labute approximate surface area is 186 Å². The van der Waals surface area contributed by atoms with Crippen LogP contribution in [0.4, 0.5) is 8.78 Å². The van der Waals surface area contributed by atoms with E-state index >= 15 is 0 Å². The largest absolute Gasteiger partial charge is 0.435 e. The number of thioether (sulfide) groups is 1. The van der Waals surface area contributed by atoms with Gasteiger partial charge in [-0.15, -0.1) is 10.2 Å². The molecule has 3 N–H and O–H groups in total. The van der Waals surface area contributed by atoms with E-state index in [1.807, 2.05) is 19.1 Å². The molecule has 0 aliphatic heterocycles. The van der Waals surface area contributed by atoms with Crippen molar-refractivity contribution >= 4 is 29.3 Å². The second-order valence-electron chi connectivity index (χ2n) is 6.45. The van der Waals surface area contributed by atoms with E-state index in [0.717, 1.165) is 23.7 Å². The second-order valence-corrected chi connectivity index (χ2v) is 7.83. The van der Waals surface area contributed by atoms with Gasteiger partial charge in [-0.3, -0.25) is 4.79 Å². The number of amides is 1. The van der Waals surface area contributed by atoms with E-state index in [2.05, 4.69) is 20.3 Å². The Balaban J connectivity index is 1.60. The number of nitrogens with one attached hydrogen (secondary N) is 1. The molecule has 2 aromatic carbocycles. The quantitative estimate of drug-likeness (QED) is 0.360. The van der Waals surface area contributed by atoms with Crippen molar-refractivity contribution in [1.29, 1.82) is 0 Å². The lowest BCUT2D eigenvalue weighted by atomic mass is 10.0. The van der Waals surface area contributed by atoms with Gasteiger partial charge in [-0.2, -0.15) is 8.78 Å². The molecule has 3 rings (SSSR count). The molecule has 1 amide bonds. The van der Waals surface area contributed by atoms with Crippen LogP contribution in [0, 0.1) is 0 Å². The maximum atomic E-state index is 12.4.